The number of unbranched alkanes of at least 4 members (excludes halogenated alkanes) is 2. The second-order valence-corrected chi connectivity index (χ2v) is 9.63. The number of aliphatic hydroxyl groups is 1. The van der Waals surface area contributed by atoms with Crippen LogP contribution in [-0.2, 0) is 10.3 Å². The zero-order valence-corrected chi connectivity index (χ0v) is 20.2. The van der Waals surface area contributed by atoms with E-state index in [0.717, 1.165) is 57.2 Å². The second-order valence-electron chi connectivity index (χ2n) is 9.63. The molecule has 3 rings (SSSR count). The Kier molecular flexibility index (Phi) is 9.58. The standard InChI is InChI=1S/C28H41NO3/c1-4-5-9-18-32-26-14-12-25(13-15-26)28(30,21-23(2)3)27(24-10-7-6-8-11-24)22-29-16-19-31-20-17-29/h6-8,10-15,23,27,30H,4-5,9,16-22H2,1-3H3/p+1/t27-,28+/m1/s1. The Morgan fingerprint density at radius 2 is 1.69 bits per heavy atom. The van der Waals surface area contributed by atoms with Crippen molar-refractivity contribution in [1.82, 2.24) is 0 Å². The predicted octanol–water partition coefficient (Wildman–Crippen LogP) is 4.19. The molecular weight excluding hydrogens is 398 g/mol. The summed E-state index contributed by atoms with van der Waals surface area (Å²) in [6.45, 7) is 11.8. The van der Waals surface area contributed by atoms with E-state index < -0.39 is 5.60 Å². The fourth-order valence-corrected chi connectivity index (χ4v) is 4.87. The number of nitrogens with one attached hydrogen (secondary N) is 1. The molecule has 2 atom stereocenters. The highest BCUT2D eigenvalue weighted by molar-refractivity contribution is 5.35. The smallest absolute Gasteiger partial charge is 0.119 e. The zero-order chi connectivity index (χ0) is 22.8. The van der Waals surface area contributed by atoms with E-state index in [9.17, 15) is 5.11 Å². The minimum absolute atomic E-state index is 0.00974. The zero-order valence-electron chi connectivity index (χ0n) is 20.2. The fourth-order valence-electron chi connectivity index (χ4n) is 4.87. The summed E-state index contributed by atoms with van der Waals surface area (Å²) < 4.78 is 11.5. The van der Waals surface area contributed by atoms with Gasteiger partial charge in [-0.2, -0.15) is 0 Å². The predicted molar refractivity (Wildman–Crippen MR) is 130 cm³/mol. The lowest BCUT2D eigenvalue weighted by atomic mass is 9.72. The minimum Gasteiger partial charge on any atom is -0.494 e. The molecule has 4 heteroatoms. The fraction of sp³-hybridized carbons (Fsp3) is 0.571. The molecule has 0 radical (unpaired) electrons. The van der Waals surface area contributed by atoms with Gasteiger partial charge in [0.05, 0.1) is 32.3 Å². The molecule has 2 N–H and O–H groups in total. The minimum atomic E-state index is -0.943. The molecule has 4 nitrogen and oxygen atoms in total. The highest BCUT2D eigenvalue weighted by Crippen LogP contribution is 2.41. The molecule has 2 aromatic rings. The van der Waals surface area contributed by atoms with Crippen LogP contribution in [0.1, 0.15) is 63.5 Å². The Balaban J connectivity index is 1.88. The van der Waals surface area contributed by atoms with Crippen LogP contribution in [0.15, 0.2) is 54.6 Å². The van der Waals surface area contributed by atoms with Crippen LogP contribution in [0.5, 0.6) is 5.75 Å². The van der Waals surface area contributed by atoms with Gasteiger partial charge in [0.1, 0.15) is 24.4 Å². The van der Waals surface area contributed by atoms with E-state index in [0.29, 0.717) is 12.3 Å². The molecule has 0 amide bonds. The van der Waals surface area contributed by atoms with Crippen LogP contribution in [0.25, 0.3) is 0 Å². The third-order valence-electron chi connectivity index (χ3n) is 6.56. The topological polar surface area (TPSA) is 43.1 Å². The first-order valence-corrected chi connectivity index (χ1v) is 12.4. The highest BCUT2D eigenvalue weighted by atomic mass is 16.5. The van der Waals surface area contributed by atoms with Gasteiger partial charge in [0.15, 0.2) is 0 Å². The van der Waals surface area contributed by atoms with Crippen molar-refractivity contribution in [2.75, 3.05) is 39.5 Å². The Morgan fingerprint density at radius 1 is 1.00 bits per heavy atom. The first-order valence-electron chi connectivity index (χ1n) is 12.4. The normalized spacial score (nSPS) is 17.8. The van der Waals surface area contributed by atoms with Gasteiger partial charge >= 0.3 is 0 Å². The number of ether oxygens (including phenoxy) is 2. The largest absolute Gasteiger partial charge is 0.494 e. The molecule has 2 aromatic carbocycles. The maximum absolute atomic E-state index is 12.3. The Labute approximate surface area is 194 Å². The molecule has 0 saturated carbocycles. The third kappa shape index (κ3) is 6.81. The molecule has 1 aliphatic heterocycles. The molecule has 0 unspecified atom stereocenters. The lowest BCUT2D eigenvalue weighted by molar-refractivity contribution is -0.910. The monoisotopic (exact) mass is 440 g/mol. The van der Waals surface area contributed by atoms with Crippen molar-refractivity contribution in [3.63, 3.8) is 0 Å². The number of morpholine rings is 1. The van der Waals surface area contributed by atoms with Crippen LogP contribution in [0, 0.1) is 5.92 Å². The van der Waals surface area contributed by atoms with Crippen LogP contribution >= 0.6 is 0 Å². The Hall–Kier alpha value is -1.88. The number of quaternary nitrogens is 1. The van der Waals surface area contributed by atoms with E-state index in [1.54, 1.807) is 0 Å². The van der Waals surface area contributed by atoms with E-state index >= 15 is 0 Å². The first-order chi connectivity index (χ1) is 15.5. The first kappa shape index (κ1) is 24.8. The molecule has 1 fully saturated rings. The van der Waals surface area contributed by atoms with Crippen LogP contribution in [0.4, 0.5) is 0 Å². The quantitative estimate of drug-likeness (QED) is 0.487. The molecule has 1 saturated heterocycles. The summed E-state index contributed by atoms with van der Waals surface area (Å²) in [5.41, 5.74) is 1.24. The van der Waals surface area contributed by atoms with Gasteiger partial charge in [-0.05, 0) is 42.0 Å². The van der Waals surface area contributed by atoms with E-state index in [4.69, 9.17) is 9.47 Å². The van der Waals surface area contributed by atoms with Crippen molar-refractivity contribution >= 4 is 0 Å². The van der Waals surface area contributed by atoms with Crippen LogP contribution in [-0.4, -0.2) is 44.6 Å². The molecule has 0 spiro atoms. The summed E-state index contributed by atoms with van der Waals surface area (Å²) in [7, 11) is 0. The Morgan fingerprint density at radius 3 is 2.31 bits per heavy atom. The summed E-state index contributed by atoms with van der Waals surface area (Å²) in [6.07, 6.45) is 4.17. The van der Waals surface area contributed by atoms with Gasteiger partial charge in [0.2, 0.25) is 0 Å². The van der Waals surface area contributed by atoms with E-state index in [1.165, 1.54) is 23.3 Å². The summed E-state index contributed by atoms with van der Waals surface area (Å²) in [6, 6.07) is 18.7. The van der Waals surface area contributed by atoms with Crippen LogP contribution in [0.3, 0.4) is 0 Å². The molecule has 1 heterocycles. The van der Waals surface area contributed by atoms with Gasteiger partial charge in [-0.3, -0.25) is 0 Å². The SMILES string of the molecule is CCCCCOc1ccc([C@@](O)(CC(C)C)[C@H](C[NH+]2CCOCC2)c2ccccc2)cc1. The van der Waals surface area contributed by atoms with E-state index in [1.807, 2.05) is 18.2 Å². The molecule has 0 aliphatic carbocycles. The van der Waals surface area contributed by atoms with Crippen molar-refractivity contribution in [3.05, 3.63) is 65.7 Å². The van der Waals surface area contributed by atoms with Gasteiger partial charge in [-0.1, -0.05) is 76.1 Å². The van der Waals surface area contributed by atoms with Gasteiger partial charge in [-0.15, -0.1) is 0 Å². The number of hydrogen-bond donors (Lipinski definition) is 2. The number of hydrogen-bond acceptors (Lipinski definition) is 3. The molecule has 176 valence electrons. The maximum Gasteiger partial charge on any atom is 0.119 e. The summed E-state index contributed by atoms with van der Waals surface area (Å²) in [5, 5.41) is 12.3. The maximum atomic E-state index is 12.3. The molecule has 0 aromatic heterocycles. The van der Waals surface area contributed by atoms with Crippen molar-refractivity contribution in [1.29, 1.82) is 0 Å². The van der Waals surface area contributed by atoms with Crippen LogP contribution in [0.2, 0.25) is 0 Å². The van der Waals surface area contributed by atoms with Crippen LogP contribution < -0.4 is 9.64 Å². The number of rotatable bonds is 12. The second kappa shape index (κ2) is 12.4. The summed E-state index contributed by atoms with van der Waals surface area (Å²) in [4.78, 5) is 1.50. The molecule has 0 bridgehead atoms. The van der Waals surface area contributed by atoms with Gasteiger partial charge in [-0.25, -0.2) is 0 Å². The van der Waals surface area contributed by atoms with Gasteiger partial charge in [0, 0.05) is 0 Å². The van der Waals surface area contributed by atoms with Crippen molar-refractivity contribution in [3.8, 4) is 5.75 Å². The van der Waals surface area contributed by atoms with Gasteiger partial charge in [0.25, 0.3) is 0 Å². The highest BCUT2D eigenvalue weighted by Gasteiger charge is 2.42. The average Bonchev–Trinajstić information content (AvgIpc) is 2.81. The molecule has 1 aliphatic rings. The molecule has 32 heavy (non-hydrogen) atoms. The summed E-state index contributed by atoms with van der Waals surface area (Å²) in [5.74, 6) is 1.26. The van der Waals surface area contributed by atoms with E-state index in [2.05, 4.69) is 57.2 Å². The van der Waals surface area contributed by atoms with Crippen molar-refractivity contribution < 1.29 is 19.5 Å². The number of benzene rings is 2. The van der Waals surface area contributed by atoms with Gasteiger partial charge < -0.3 is 19.5 Å². The third-order valence-corrected chi connectivity index (χ3v) is 6.56. The lowest BCUT2D eigenvalue weighted by Gasteiger charge is -2.40. The Bertz CT molecular complexity index is 771. The van der Waals surface area contributed by atoms with Crippen molar-refractivity contribution in [2.24, 2.45) is 5.92 Å². The summed E-state index contributed by atoms with van der Waals surface area (Å²) >= 11 is 0. The molecular formula is C28H42NO3+. The average molecular weight is 441 g/mol. The lowest BCUT2D eigenvalue weighted by Crippen LogP contribution is -3.14. The van der Waals surface area contributed by atoms with E-state index in [-0.39, 0.29) is 5.92 Å². The van der Waals surface area contributed by atoms with Crippen molar-refractivity contribution in [2.45, 2.75) is 58.0 Å².